The summed E-state index contributed by atoms with van der Waals surface area (Å²) in [6.45, 7) is 0. The number of hydrogen-bond acceptors (Lipinski definition) is 3. The van der Waals surface area contributed by atoms with Gasteiger partial charge in [-0.25, -0.2) is 4.68 Å². The lowest BCUT2D eigenvalue weighted by molar-refractivity contribution is 0.414. The minimum atomic E-state index is -0.122. The first kappa shape index (κ1) is 19.1. The van der Waals surface area contributed by atoms with Crippen molar-refractivity contribution in [2.75, 3.05) is 7.11 Å². The molecule has 1 aliphatic rings. The number of nitrogens with one attached hydrogen (secondary N) is 1. The minimum absolute atomic E-state index is 0.122. The van der Waals surface area contributed by atoms with Gasteiger partial charge in [0.1, 0.15) is 5.75 Å². The van der Waals surface area contributed by atoms with Gasteiger partial charge in [0, 0.05) is 11.8 Å². The number of H-pyrrole nitrogens is 1. The van der Waals surface area contributed by atoms with E-state index >= 15 is 0 Å². The predicted molar refractivity (Wildman–Crippen MR) is 124 cm³/mol. The molecule has 3 aromatic carbocycles. The molecule has 1 heterocycles. The molecule has 1 N–H and O–H groups in total. The molecule has 0 unspecified atom stereocenters. The van der Waals surface area contributed by atoms with E-state index in [1.165, 1.54) is 11.1 Å². The molecule has 154 valence electrons. The first-order valence-corrected chi connectivity index (χ1v) is 10.4. The smallest absolute Gasteiger partial charge is 0.280 e. The highest BCUT2D eigenvalue weighted by atomic mass is 16.5. The van der Waals surface area contributed by atoms with E-state index in [2.05, 4.69) is 29.4 Å². The van der Waals surface area contributed by atoms with Crippen molar-refractivity contribution in [3.63, 3.8) is 0 Å². The van der Waals surface area contributed by atoms with E-state index < -0.39 is 0 Å². The van der Waals surface area contributed by atoms with E-state index in [-0.39, 0.29) is 11.6 Å². The fraction of sp³-hybridized carbons (Fsp3) is 0.154. The molecule has 0 fully saturated rings. The van der Waals surface area contributed by atoms with Gasteiger partial charge in [-0.3, -0.25) is 14.9 Å². The SMILES string of the molecule is COc1ccc(-n2[nH]c(-c3ccccc3)c(C=NC3Cc4ccccc4C3)c2=O)cc1. The molecule has 0 spiro atoms. The zero-order valence-electron chi connectivity index (χ0n) is 17.3. The van der Waals surface area contributed by atoms with Crippen LogP contribution in [0.25, 0.3) is 16.9 Å². The molecule has 4 aromatic rings. The van der Waals surface area contributed by atoms with Crippen LogP contribution in [0.3, 0.4) is 0 Å². The number of aromatic amines is 1. The van der Waals surface area contributed by atoms with Gasteiger partial charge >= 0.3 is 0 Å². The molecular weight excluding hydrogens is 386 g/mol. The third kappa shape index (κ3) is 3.70. The van der Waals surface area contributed by atoms with Crippen molar-refractivity contribution in [1.82, 2.24) is 9.78 Å². The number of hydrogen-bond donors (Lipinski definition) is 1. The molecule has 0 radical (unpaired) electrons. The summed E-state index contributed by atoms with van der Waals surface area (Å²) in [5.74, 6) is 0.745. The summed E-state index contributed by atoms with van der Waals surface area (Å²) in [7, 11) is 1.62. The van der Waals surface area contributed by atoms with Gasteiger partial charge in [-0.05, 0) is 48.2 Å². The molecule has 5 heteroatoms. The van der Waals surface area contributed by atoms with Crippen molar-refractivity contribution < 1.29 is 4.74 Å². The highest BCUT2D eigenvalue weighted by Gasteiger charge is 2.21. The van der Waals surface area contributed by atoms with Gasteiger partial charge in [-0.1, -0.05) is 54.6 Å². The number of aliphatic imine (C=N–C) groups is 1. The van der Waals surface area contributed by atoms with Crippen LogP contribution in [0.5, 0.6) is 5.75 Å². The summed E-state index contributed by atoms with van der Waals surface area (Å²) in [5, 5.41) is 3.28. The van der Waals surface area contributed by atoms with Crippen LogP contribution >= 0.6 is 0 Å². The van der Waals surface area contributed by atoms with E-state index in [1.54, 1.807) is 18.0 Å². The van der Waals surface area contributed by atoms with Crippen LogP contribution in [0.4, 0.5) is 0 Å². The van der Waals surface area contributed by atoms with Gasteiger partial charge < -0.3 is 4.74 Å². The van der Waals surface area contributed by atoms with E-state index in [4.69, 9.17) is 9.73 Å². The van der Waals surface area contributed by atoms with Gasteiger partial charge in [-0.15, -0.1) is 0 Å². The van der Waals surface area contributed by atoms with Crippen molar-refractivity contribution >= 4 is 6.21 Å². The number of ether oxygens (including phenoxy) is 1. The van der Waals surface area contributed by atoms with Crippen LogP contribution in [0.15, 0.2) is 88.6 Å². The fourth-order valence-electron chi connectivity index (χ4n) is 4.13. The third-order valence-electron chi connectivity index (χ3n) is 5.76. The van der Waals surface area contributed by atoms with E-state index in [1.807, 2.05) is 54.6 Å². The van der Waals surface area contributed by atoms with Crippen molar-refractivity contribution in [3.8, 4) is 22.7 Å². The average molecular weight is 409 g/mol. The van der Waals surface area contributed by atoms with Gasteiger partial charge in [0.25, 0.3) is 5.56 Å². The van der Waals surface area contributed by atoms with E-state index in [0.717, 1.165) is 35.5 Å². The maximum Gasteiger partial charge on any atom is 0.280 e. The quantitative estimate of drug-likeness (QED) is 0.496. The minimum Gasteiger partial charge on any atom is -0.497 e. The Kier molecular flexibility index (Phi) is 5.00. The highest BCUT2D eigenvalue weighted by molar-refractivity contribution is 5.88. The fourth-order valence-corrected chi connectivity index (χ4v) is 4.13. The molecule has 1 aliphatic carbocycles. The van der Waals surface area contributed by atoms with Crippen molar-refractivity contribution in [2.45, 2.75) is 18.9 Å². The topological polar surface area (TPSA) is 59.4 Å². The maximum absolute atomic E-state index is 13.4. The lowest BCUT2D eigenvalue weighted by atomic mass is 10.1. The van der Waals surface area contributed by atoms with E-state index in [0.29, 0.717) is 5.56 Å². The Labute approximate surface area is 180 Å². The second-order valence-electron chi connectivity index (χ2n) is 7.71. The summed E-state index contributed by atoms with van der Waals surface area (Å²) >= 11 is 0. The Balaban J connectivity index is 1.54. The summed E-state index contributed by atoms with van der Waals surface area (Å²) in [6, 6.07) is 25.9. The molecule has 0 aliphatic heterocycles. The number of rotatable bonds is 5. The number of aromatic nitrogens is 2. The third-order valence-corrected chi connectivity index (χ3v) is 5.76. The Hall–Kier alpha value is -3.86. The maximum atomic E-state index is 13.4. The van der Waals surface area contributed by atoms with Crippen LogP contribution in [0.2, 0.25) is 0 Å². The van der Waals surface area contributed by atoms with Crippen LogP contribution in [-0.2, 0) is 12.8 Å². The molecule has 1 aromatic heterocycles. The molecule has 0 bridgehead atoms. The van der Waals surface area contributed by atoms with Crippen LogP contribution in [0, 0.1) is 0 Å². The first-order chi connectivity index (χ1) is 15.2. The lowest BCUT2D eigenvalue weighted by Gasteiger charge is -2.04. The van der Waals surface area contributed by atoms with Crippen molar-refractivity contribution in [2.24, 2.45) is 4.99 Å². The van der Waals surface area contributed by atoms with Crippen molar-refractivity contribution in [1.29, 1.82) is 0 Å². The molecule has 0 atom stereocenters. The molecule has 0 saturated carbocycles. The summed E-state index contributed by atoms with van der Waals surface area (Å²) in [4.78, 5) is 18.2. The number of fused-ring (bicyclic) bond motifs is 1. The Morgan fingerprint density at radius 1 is 0.935 bits per heavy atom. The Morgan fingerprint density at radius 2 is 1.58 bits per heavy atom. The average Bonchev–Trinajstić information content (AvgIpc) is 3.39. The number of benzene rings is 3. The number of nitrogens with zero attached hydrogens (tertiary/aromatic N) is 2. The monoisotopic (exact) mass is 409 g/mol. The molecular formula is C26H23N3O2. The Bertz CT molecular complexity index is 1260. The zero-order chi connectivity index (χ0) is 21.2. The van der Waals surface area contributed by atoms with Crippen LogP contribution in [-0.4, -0.2) is 29.1 Å². The standard InChI is InChI=1S/C26H23N3O2/c1-31-23-13-11-22(12-14-23)29-26(30)24(25(28-29)18-7-3-2-4-8-18)17-27-21-15-19-9-5-6-10-20(19)16-21/h2-14,17,21,28H,15-16H2,1H3. The molecule has 0 saturated heterocycles. The molecule has 31 heavy (non-hydrogen) atoms. The van der Waals surface area contributed by atoms with Gasteiger partial charge in [-0.2, -0.15) is 0 Å². The number of methoxy groups -OCH3 is 1. The summed E-state index contributed by atoms with van der Waals surface area (Å²) in [5.41, 5.74) is 5.59. The van der Waals surface area contributed by atoms with Crippen LogP contribution in [0.1, 0.15) is 16.7 Å². The van der Waals surface area contributed by atoms with Crippen molar-refractivity contribution in [3.05, 3.63) is 106 Å². The summed E-state index contributed by atoms with van der Waals surface area (Å²) in [6.07, 6.45) is 3.56. The second kappa shape index (κ2) is 8.11. The van der Waals surface area contributed by atoms with Gasteiger partial charge in [0.2, 0.25) is 0 Å². The Morgan fingerprint density at radius 3 is 2.23 bits per heavy atom. The molecule has 0 amide bonds. The first-order valence-electron chi connectivity index (χ1n) is 10.4. The predicted octanol–water partition coefficient (Wildman–Crippen LogP) is 4.43. The van der Waals surface area contributed by atoms with E-state index in [9.17, 15) is 4.79 Å². The van der Waals surface area contributed by atoms with Gasteiger partial charge in [0.05, 0.1) is 30.1 Å². The summed E-state index contributed by atoms with van der Waals surface area (Å²) < 4.78 is 6.80. The highest BCUT2D eigenvalue weighted by Crippen LogP contribution is 2.25. The van der Waals surface area contributed by atoms with Crippen LogP contribution < -0.4 is 10.3 Å². The second-order valence-corrected chi connectivity index (χ2v) is 7.71. The van der Waals surface area contributed by atoms with Gasteiger partial charge in [0.15, 0.2) is 0 Å². The molecule has 5 nitrogen and oxygen atoms in total. The molecule has 5 rings (SSSR count). The lowest BCUT2D eigenvalue weighted by Crippen LogP contribution is -2.17. The zero-order valence-corrected chi connectivity index (χ0v) is 17.3. The largest absolute Gasteiger partial charge is 0.497 e. The normalized spacial score (nSPS) is 13.6.